The van der Waals surface area contributed by atoms with Crippen molar-refractivity contribution in [2.45, 2.75) is 20.8 Å². The number of pyridine rings is 1. The van der Waals surface area contributed by atoms with E-state index in [-0.39, 0.29) is 0 Å². The van der Waals surface area contributed by atoms with E-state index in [0.717, 1.165) is 33.5 Å². The Morgan fingerprint density at radius 1 is 1.11 bits per heavy atom. The Bertz CT molecular complexity index is 771. The molecule has 1 aromatic carbocycles. The first-order valence-corrected chi connectivity index (χ1v) is 6.25. The number of nitrogens with zero attached hydrogens (tertiary/aromatic N) is 3. The Labute approximate surface area is 111 Å². The third-order valence-corrected chi connectivity index (χ3v) is 3.72. The zero-order valence-corrected chi connectivity index (χ0v) is 11.3. The maximum absolute atomic E-state index is 6.29. The van der Waals surface area contributed by atoms with Gasteiger partial charge in [-0.1, -0.05) is 6.07 Å². The van der Waals surface area contributed by atoms with Crippen LogP contribution in [-0.4, -0.2) is 14.8 Å². The molecule has 2 aromatic heterocycles. The number of rotatable bonds is 1. The lowest BCUT2D eigenvalue weighted by molar-refractivity contribution is 0.836. The number of nitrogens with two attached hydrogens (primary N) is 1. The lowest BCUT2D eigenvalue weighted by Crippen LogP contribution is -2.04. The van der Waals surface area contributed by atoms with E-state index in [0.29, 0.717) is 0 Å². The summed E-state index contributed by atoms with van der Waals surface area (Å²) in [6.07, 6.45) is 3.58. The topological polar surface area (TPSA) is 56.7 Å². The number of fused-ring (bicyclic) bond motifs is 1. The third-order valence-electron chi connectivity index (χ3n) is 3.72. The lowest BCUT2D eigenvalue weighted by atomic mass is 10.1. The van der Waals surface area contributed by atoms with Crippen molar-refractivity contribution in [1.82, 2.24) is 14.8 Å². The van der Waals surface area contributed by atoms with E-state index in [1.165, 1.54) is 5.56 Å². The number of aryl methyl sites for hydroxylation is 1. The molecule has 0 amide bonds. The molecule has 3 rings (SSSR count). The molecule has 0 saturated heterocycles. The van der Waals surface area contributed by atoms with E-state index in [9.17, 15) is 0 Å². The van der Waals surface area contributed by atoms with Crippen LogP contribution in [0.3, 0.4) is 0 Å². The van der Waals surface area contributed by atoms with E-state index in [1.807, 2.05) is 36.0 Å². The van der Waals surface area contributed by atoms with Crippen molar-refractivity contribution >= 4 is 16.5 Å². The summed E-state index contributed by atoms with van der Waals surface area (Å²) in [6, 6.07) is 5.96. The summed E-state index contributed by atoms with van der Waals surface area (Å²) in [4.78, 5) is 4.11. The molecule has 0 spiro atoms. The zero-order valence-electron chi connectivity index (χ0n) is 11.3. The molecule has 96 valence electrons. The molecular formula is C15H16N4. The van der Waals surface area contributed by atoms with Crippen molar-refractivity contribution in [3.63, 3.8) is 0 Å². The van der Waals surface area contributed by atoms with Crippen LogP contribution in [0.1, 0.15) is 17.0 Å². The molecule has 2 heterocycles. The second kappa shape index (κ2) is 4.09. The molecule has 0 radical (unpaired) electrons. The van der Waals surface area contributed by atoms with E-state index in [1.54, 1.807) is 6.20 Å². The highest BCUT2D eigenvalue weighted by molar-refractivity contribution is 5.96. The van der Waals surface area contributed by atoms with Crippen LogP contribution in [-0.2, 0) is 0 Å². The molecule has 4 nitrogen and oxygen atoms in total. The van der Waals surface area contributed by atoms with Crippen LogP contribution in [0.5, 0.6) is 0 Å². The minimum Gasteiger partial charge on any atom is -0.396 e. The van der Waals surface area contributed by atoms with E-state index in [4.69, 9.17) is 5.73 Å². The van der Waals surface area contributed by atoms with Crippen molar-refractivity contribution in [3.05, 3.63) is 47.5 Å². The third kappa shape index (κ3) is 1.68. The minimum absolute atomic E-state index is 0.741. The monoisotopic (exact) mass is 252 g/mol. The summed E-state index contributed by atoms with van der Waals surface area (Å²) < 4.78 is 1.92. The Balaban J connectivity index is 2.31. The summed E-state index contributed by atoms with van der Waals surface area (Å²) >= 11 is 0. The van der Waals surface area contributed by atoms with Gasteiger partial charge in [0.2, 0.25) is 0 Å². The van der Waals surface area contributed by atoms with E-state index in [2.05, 4.69) is 23.9 Å². The van der Waals surface area contributed by atoms with Gasteiger partial charge in [-0.2, -0.15) is 5.10 Å². The molecule has 4 heteroatoms. The molecular weight excluding hydrogens is 236 g/mol. The predicted molar refractivity (Wildman–Crippen MR) is 77.5 cm³/mol. The first kappa shape index (κ1) is 11.7. The van der Waals surface area contributed by atoms with Gasteiger partial charge in [0.05, 0.1) is 17.1 Å². The molecule has 0 saturated carbocycles. The van der Waals surface area contributed by atoms with Crippen molar-refractivity contribution in [1.29, 1.82) is 0 Å². The van der Waals surface area contributed by atoms with Gasteiger partial charge in [0.25, 0.3) is 0 Å². The number of hydrogen-bond donors (Lipinski definition) is 1. The van der Waals surface area contributed by atoms with Gasteiger partial charge in [0, 0.05) is 28.9 Å². The number of nitrogen functional groups attached to an aromatic ring is 1. The molecule has 0 fully saturated rings. The van der Waals surface area contributed by atoms with Crippen LogP contribution in [0.25, 0.3) is 16.5 Å². The molecule has 0 aliphatic rings. The molecule has 0 atom stereocenters. The predicted octanol–water partition coefficient (Wildman–Crippen LogP) is 2.93. The first-order valence-electron chi connectivity index (χ1n) is 6.25. The second-order valence-corrected chi connectivity index (χ2v) is 4.80. The normalized spacial score (nSPS) is 11.1. The van der Waals surface area contributed by atoms with Gasteiger partial charge in [0.1, 0.15) is 0 Å². The SMILES string of the molecule is Cc1nn(-c2ccc3cnccc3c2N)c(C)c1C. The van der Waals surface area contributed by atoms with E-state index < -0.39 is 0 Å². The molecule has 0 unspecified atom stereocenters. The zero-order chi connectivity index (χ0) is 13.6. The summed E-state index contributed by atoms with van der Waals surface area (Å²) in [6.45, 7) is 6.15. The molecule has 0 aliphatic carbocycles. The van der Waals surface area contributed by atoms with Gasteiger partial charge in [-0.25, -0.2) is 4.68 Å². The molecule has 0 bridgehead atoms. The Morgan fingerprint density at radius 3 is 2.58 bits per heavy atom. The van der Waals surface area contributed by atoms with Crippen LogP contribution >= 0.6 is 0 Å². The number of aromatic nitrogens is 3. The average Bonchev–Trinajstić information content (AvgIpc) is 2.67. The molecule has 2 N–H and O–H groups in total. The largest absolute Gasteiger partial charge is 0.396 e. The van der Waals surface area contributed by atoms with Gasteiger partial charge < -0.3 is 5.73 Å². The smallest absolute Gasteiger partial charge is 0.0884 e. The maximum atomic E-state index is 6.29. The number of hydrogen-bond acceptors (Lipinski definition) is 3. The molecule has 3 aromatic rings. The maximum Gasteiger partial charge on any atom is 0.0884 e. The number of benzene rings is 1. The number of anilines is 1. The van der Waals surface area contributed by atoms with Gasteiger partial charge in [0.15, 0.2) is 0 Å². The lowest BCUT2D eigenvalue weighted by Gasteiger charge is -2.10. The fraction of sp³-hybridized carbons (Fsp3) is 0.200. The van der Waals surface area contributed by atoms with Crippen LogP contribution in [0.15, 0.2) is 30.6 Å². The van der Waals surface area contributed by atoms with Crippen LogP contribution in [0.2, 0.25) is 0 Å². The standard InChI is InChI=1S/C15H16N4/c1-9-10(2)18-19(11(9)3)14-5-4-12-8-17-7-6-13(12)15(14)16/h4-8H,16H2,1-3H3. The van der Waals surface area contributed by atoms with Crippen LogP contribution in [0.4, 0.5) is 5.69 Å². The van der Waals surface area contributed by atoms with Gasteiger partial charge in [-0.15, -0.1) is 0 Å². The minimum atomic E-state index is 0.741. The highest BCUT2D eigenvalue weighted by Crippen LogP contribution is 2.28. The summed E-state index contributed by atoms with van der Waals surface area (Å²) in [5.41, 5.74) is 11.3. The van der Waals surface area contributed by atoms with Crippen molar-refractivity contribution in [3.8, 4) is 5.69 Å². The highest BCUT2D eigenvalue weighted by Gasteiger charge is 2.12. The quantitative estimate of drug-likeness (QED) is 0.677. The van der Waals surface area contributed by atoms with E-state index >= 15 is 0 Å². The second-order valence-electron chi connectivity index (χ2n) is 4.80. The average molecular weight is 252 g/mol. The molecule has 19 heavy (non-hydrogen) atoms. The van der Waals surface area contributed by atoms with Crippen LogP contribution < -0.4 is 5.73 Å². The highest BCUT2D eigenvalue weighted by atomic mass is 15.3. The summed E-state index contributed by atoms with van der Waals surface area (Å²) in [5.74, 6) is 0. The van der Waals surface area contributed by atoms with Gasteiger partial charge in [-0.05, 0) is 38.5 Å². The fourth-order valence-corrected chi connectivity index (χ4v) is 2.32. The Morgan fingerprint density at radius 2 is 1.89 bits per heavy atom. The van der Waals surface area contributed by atoms with Crippen molar-refractivity contribution < 1.29 is 0 Å². The summed E-state index contributed by atoms with van der Waals surface area (Å²) in [5, 5.41) is 6.62. The van der Waals surface area contributed by atoms with Crippen molar-refractivity contribution in [2.75, 3.05) is 5.73 Å². The summed E-state index contributed by atoms with van der Waals surface area (Å²) in [7, 11) is 0. The Hall–Kier alpha value is -2.36. The first-order chi connectivity index (χ1) is 9.09. The van der Waals surface area contributed by atoms with Crippen LogP contribution in [0, 0.1) is 20.8 Å². The fourth-order valence-electron chi connectivity index (χ4n) is 2.32. The van der Waals surface area contributed by atoms with Gasteiger partial charge in [-0.3, -0.25) is 4.98 Å². The van der Waals surface area contributed by atoms with Crippen molar-refractivity contribution in [2.24, 2.45) is 0 Å². The molecule has 0 aliphatic heterocycles. The van der Waals surface area contributed by atoms with Gasteiger partial charge >= 0.3 is 0 Å². The Kier molecular flexibility index (Phi) is 2.52.